The van der Waals surface area contributed by atoms with Crippen molar-refractivity contribution in [1.29, 1.82) is 0 Å². The predicted molar refractivity (Wildman–Crippen MR) is 369 cm³/mol. The zero-order valence-electron chi connectivity index (χ0n) is 58.1. The van der Waals surface area contributed by atoms with Crippen molar-refractivity contribution in [2.75, 3.05) is 144 Å². The molecule has 1 N–H and O–H groups in total. The van der Waals surface area contributed by atoms with E-state index in [1.54, 1.807) is 28.4 Å². The number of aromatic nitrogens is 4. The molecule has 4 aliphatic heterocycles. The number of carbonyl (C=O) groups excluding carboxylic acids is 1. The number of aryl methyl sites for hydroxylation is 4. The Labute approximate surface area is 551 Å². The number of piperidine rings is 4. The minimum absolute atomic E-state index is 0.443. The number of likely N-dealkylation sites (tertiary alicyclic amines) is 3. The first-order chi connectivity index (χ1) is 45.1. The van der Waals surface area contributed by atoms with Gasteiger partial charge in [0.05, 0.1) is 62.3 Å². The standard InChI is InChI=1S/C19H29N3O2.C19H28N3O2.C18H27N3O2.C17H22N2O3/c2*1-21(2)13-16-18(23-4)8-6-15-17(20-24-19(15)16)7-5-14-9-11-22(3)12-10-14;1-21(2)12-15-17(22-3)7-5-14-16(20-23-18(14)15)6-4-13-8-10-19-11-9-13;1-19-9-7-12(8-10-19)3-5-15-13-4-6-16(21-2)14(11-20)17(13)22-18-15/h6,8,14H,5,7,9-13H2,1-4H3;6,8,13-14H,5,7,9-12H2,1-4H3;5,7,13,19H,4,6,8-12H2,1-3H3;4,6,11-12H,3,5,7-10H2,1-2H3/q;+1;;. The molecule has 0 spiro atoms. The van der Waals surface area contributed by atoms with Gasteiger partial charge in [-0.2, -0.15) is 0 Å². The highest BCUT2D eigenvalue weighted by Gasteiger charge is 2.25. The number of benzene rings is 4. The van der Waals surface area contributed by atoms with Crippen molar-refractivity contribution in [3.8, 4) is 23.0 Å². The molecule has 506 valence electrons. The largest absolute Gasteiger partial charge is 0.496 e. The van der Waals surface area contributed by atoms with Crippen molar-refractivity contribution in [2.24, 2.45) is 23.7 Å². The maximum absolute atomic E-state index is 11.3. The van der Waals surface area contributed by atoms with Crippen molar-refractivity contribution in [3.63, 3.8) is 0 Å². The van der Waals surface area contributed by atoms with E-state index in [2.05, 4.69) is 104 Å². The monoisotopic (exact) mass is 1280 g/mol. The number of methoxy groups -OCH3 is 4. The molecule has 0 unspecified atom stereocenters. The van der Waals surface area contributed by atoms with Crippen LogP contribution in [0.1, 0.15) is 127 Å². The summed E-state index contributed by atoms with van der Waals surface area (Å²) in [5.41, 5.74) is 10.9. The third-order valence-electron chi connectivity index (χ3n) is 19.4. The lowest BCUT2D eigenvalue weighted by molar-refractivity contribution is -0.458. The van der Waals surface area contributed by atoms with Gasteiger partial charge < -0.3 is 66.9 Å². The molecule has 8 heterocycles. The zero-order valence-corrected chi connectivity index (χ0v) is 58.1. The summed E-state index contributed by atoms with van der Waals surface area (Å²) < 4.78 is 46.2. The van der Waals surface area contributed by atoms with E-state index in [-0.39, 0.29) is 0 Å². The van der Waals surface area contributed by atoms with Crippen molar-refractivity contribution in [2.45, 2.75) is 116 Å². The Kier molecular flexibility index (Phi) is 26.1. The highest BCUT2D eigenvalue weighted by molar-refractivity contribution is 5.99. The minimum Gasteiger partial charge on any atom is -0.496 e. The van der Waals surface area contributed by atoms with Crippen LogP contribution >= 0.6 is 0 Å². The summed E-state index contributed by atoms with van der Waals surface area (Å²) in [5, 5.41) is 25.0. The zero-order chi connectivity index (χ0) is 66.0. The van der Waals surface area contributed by atoms with Gasteiger partial charge in [0, 0.05) is 34.6 Å². The Morgan fingerprint density at radius 3 is 1.09 bits per heavy atom. The molecule has 93 heavy (non-hydrogen) atoms. The second kappa shape index (κ2) is 34.5. The maximum atomic E-state index is 11.3. The van der Waals surface area contributed by atoms with Crippen LogP contribution in [0.4, 0.5) is 0 Å². The molecule has 20 heteroatoms. The van der Waals surface area contributed by atoms with Crippen LogP contribution in [0.15, 0.2) is 66.6 Å². The molecule has 12 rings (SSSR count). The number of ether oxygens (including phenoxy) is 4. The topological polar surface area (TPSA) is 189 Å². The second-order valence-corrected chi connectivity index (χ2v) is 27.2. The summed E-state index contributed by atoms with van der Waals surface area (Å²) in [4.78, 5) is 22.7. The van der Waals surface area contributed by atoms with Gasteiger partial charge in [0.25, 0.3) is 0 Å². The van der Waals surface area contributed by atoms with Gasteiger partial charge in [0.1, 0.15) is 48.2 Å². The number of fused-ring (bicyclic) bond motifs is 4. The molecule has 8 aromatic rings. The molecule has 0 atom stereocenters. The van der Waals surface area contributed by atoms with Crippen LogP contribution in [0.5, 0.6) is 23.0 Å². The molecule has 4 saturated heterocycles. The Hall–Kier alpha value is -6.94. The molecule has 0 amide bonds. The SMILES string of the molecule is COc1ccc2c(CCC3CCN(C)CC3)noc2c1C=O.COc1ccc2c(CCC3CCN(C)CC3)noc2c1C=[N+](C)C.COc1ccc2c(CCC3CCN(C)CC3)noc2c1CN(C)C.COc1ccc2c(CCC3CCNCC3)noc2c1CN(C)C. The maximum Gasteiger partial charge on any atom is 0.184 e. The molecular weight excluding hydrogens is 1170 g/mol. The summed E-state index contributed by atoms with van der Waals surface area (Å²) >= 11 is 0. The first-order valence-corrected chi connectivity index (χ1v) is 33.9. The quantitative estimate of drug-likeness (QED) is 0.0383. The van der Waals surface area contributed by atoms with Gasteiger partial charge in [-0.1, -0.05) is 20.6 Å². The van der Waals surface area contributed by atoms with E-state index >= 15 is 0 Å². The summed E-state index contributed by atoms with van der Waals surface area (Å²) in [5.74, 6) is 6.26. The van der Waals surface area contributed by atoms with Crippen LogP contribution in [0.25, 0.3) is 43.9 Å². The smallest absolute Gasteiger partial charge is 0.184 e. The predicted octanol–water partition coefficient (Wildman–Crippen LogP) is 11.7. The van der Waals surface area contributed by atoms with Crippen LogP contribution in [0, 0.1) is 23.7 Å². The lowest BCUT2D eigenvalue weighted by atomic mass is 9.91. The molecule has 4 fully saturated rings. The summed E-state index contributed by atoms with van der Waals surface area (Å²) in [7, 11) is 25.4. The van der Waals surface area contributed by atoms with E-state index in [9.17, 15) is 4.79 Å². The summed E-state index contributed by atoms with van der Waals surface area (Å²) in [6.45, 7) is 11.1. The normalized spacial score (nSPS) is 16.7. The van der Waals surface area contributed by atoms with E-state index in [1.165, 1.54) is 110 Å². The van der Waals surface area contributed by atoms with Crippen molar-refractivity contribution in [3.05, 3.63) is 93.6 Å². The first-order valence-electron chi connectivity index (χ1n) is 33.9. The number of hydrogen-bond donors (Lipinski definition) is 1. The van der Waals surface area contributed by atoms with Gasteiger partial charge in [-0.05, 0) is 277 Å². The first kappa shape index (κ1) is 70.4. The average molecular weight is 1280 g/mol. The molecule has 20 nitrogen and oxygen atoms in total. The number of hydrogen-bond acceptors (Lipinski definition) is 19. The number of nitrogens with zero attached hydrogens (tertiary/aromatic N) is 10. The highest BCUT2D eigenvalue weighted by Crippen LogP contribution is 2.36. The highest BCUT2D eigenvalue weighted by atomic mass is 16.5. The molecule has 0 aliphatic carbocycles. The van der Waals surface area contributed by atoms with Crippen LogP contribution in [0.3, 0.4) is 0 Å². The van der Waals surface area contributed by atoms with Crippen molar-refractivity contribution >= 4 is 56.4 Å². The van der Waals surface area contributed by atoms with Crippen LogP contribution in [-0.4, -0.2) is 206 Å². The van der Waals surface area contributed by atoms with Gasteiger partial charge in [0.15, 0.2) is 34.8 Å². The van der Waals surface area contributed by atoms with E-state index in [0.29, 0.717) is 16.9 Å². The summed E-state index contributed by atoms with van der Waals surface area (Å²) in [6, 6.07) is 16.1. The fourth-order valence-electron chi connectivity index (χ4n) is 13.8. The molecule has 4 aliphatic rings. The Morgan fingerprint density at radius 2 is 0.763 bits per heavy atom. The van der Waals surface area contributed by atoms with Gasteiger partial charge in [-0.3, -0.25) is 4.79 Å². The number of rotatable bonds is 22. The van der Waals surface area contributed by atoms with E-state index in [4.69, 9.17) is 37.0 Å². The number of nitrogens with one attached hydrogen (secondary N) is 1. The molecule has 0 bridgehead atoms. The molecule has 0 saturated carbocycles. The number of carbonyl (C=O) groups is 1. The lowest BCUT2D eigenvalue weighted by Gasteiger charge is -2.28. The Bertz CT molecular complexity index is 3650. The second-order valence-electron chi connectivity index (χ2n) is 27.2. The Morgan fingerprint density at radius 1 is 0.462 bits per heavy atom. The molecule has 4 aromatic carbocycles. The fraction of sp³-hybridized carbons (Fsp3) is 0.589. The van der Waals surface area contributed by atoms with Crippen molar-refractivity contribution in [1.82, 2.24) is 50.4 Å². The van der Waals surface area contributed by atoms with E-state index in [1.807, 2.05) is 69.3 Å². The van der Waals surface area contributed by atoms with Gasteiger partial charge >= 0.3 is 0 Å². The van der Waals surface area contributed by atoms with Crippen LogP contribution in [0.2, 0.25) is 0 Å². The molecule has 0 radical (unpaired) electrons. The summed E-state index contributed by atoms with van der Waals surface area (Å²) in [6.07, 6.45) is 21.6. The fourth-order valence-corrected chi connectivity index (χ4v) is 13.8. The third-order valence-corrected chi connectivity index (χ3v) is 19.4. The lowest BCUT2D eigenvalue weighted by Crippen LogP contribution is -2.30. The van der Waals surface area contributed by atoms with Crippen LogP contribution < -0.4 is 24.3 Å². The van der Waals surface area contributed by atoms with Gasteiger partial charge in [-0.15, -0.1) is 0 Å². The number of aldehydes is 1. The Balaban J connectivity index is 0.000000146. The van der Waals surface area contributed by atoms with Gasteiger partial charge in [-0.25, -0.2) is 4.58 Å². The minimum atomic E-state index is 0.443. The van der Waals surface area contributed by atoms with Crippen molar-refractivity contribution < 1.29 is 46.4 Å². The van der Waals surface area contributed by atoms with E-state index in [0.717, 1.165) is 183 Å². The van der Waals surface area contributed by atoms with E-state index < -0.39 is 0 Å². The third kappa shape index (κ3) is 18.7. The average Bonchev–Trinajstić information content (AvgIpc) is 1.74. The van der Waals surface area contributed by atoms with Crippen LogP contribution in [-0.2, 0) is 38.8 Å². The van der Waals surface area contributed by atoms with Gasteiger partial charge in [0.2, 0.25) is 0 Å². The molecular formula is C73H106N11O9+. The molecule has 4 aromatic heterocycles.